The van der Waals surface area contributed by atoms with Crippen molar-refractivity contribution in [1.29, 1.82) is 0 Å². The zero-order chi connectivity index (χ0) is 21.3. The van der Waals surface area contributed by atoms with Crippen LogP contribution in [-0.2, 0) is 0 Å². The topological polar surface area (TPSA) is 114 Å². The number of fused-ring (bicyclic) bond motifs is 1. The second kappa shape index (κ2) is 7.55. The van der Waals surface area contributed by atoms with Crippen molar-refractivity contribution >= 4 is 40.0 Å². The quantitative estimate of drug-likeness (QED) is 0.460. The molecule has 3 aromatic rings. The maximum absolute atomic E-state index is 10.9. The number of likely N-dealkylation sites (N-methyl/N-ethyl adjacent to an activating group) is 1. The molecule has 0 spiro atoms. The molecule has 1 heterocycles. The molecule has 0 atom stereocenters. The average molecular weight is 401 g/mol. The third-order valence-corrected chi connectivity index (χ3v) is 4.65. The van der Waals surface area contributed by atoms with Crippen LogP contribution in [0.25, 0.3) is 0 Å². The number of nitro benzene ring substituents is 2. The summed E-state index contributed by atoms with van der Waals surface area (Å²) < 4.78 is 0. The van der Waals surface area contributed by atoms with E-state index in [9.17, 15) is 20.2 Å². The van der Waals surface area contributed by atoms with Crippen molar-refractivity contribution in [1.82, 2.24) is 0 Å². The summed E-state index contributed by atoms with van der Waals surface area (Å²) in [7, 11) is 1.86. The number of hydrogen-bond acceptors (Lipinski definition) is 6. The molecule has 1 aliphatic rings. The summed E-state index contributed by atoms with van der Waals surface area (Å²) in [5.41, 5.74) is 3.48. The van der Waals surface area contributed by atoms with Crippen molar-refractivity contribution in [2.75, 3.05) is 11.9 Å². The Balaban J connectivity index is 1.80. The highest BCUT2D eigenvalue weighted by atomic mass is 16.6. The fourth-order valence-corrected chi connectivity index (χ4v) is 3.15. The van der Waals surface area contributed by atoms with E-state index in [0.717, 1.165) is 11.3 Å². The standard InChI is InChI=1S/C21H15N5O4/c1-24-19-5-3-2-4-18(19)20(22-14-6-10-16(11-7-14)25(27)28)21(24)23-15-8-12-17(13-9-15)26(29)30/h2-13H,1H3. The van der Waals surface area contributed by atoms with E-state index in [-0.39, 0.29) is 11.4 Å². The number of non-ortho nitro benzene ring substituents is 2. The molecule has 0 aromatic heterocycles. The number of hydrogen-bond donors (Lipinski definition) is 0. The van der Waals surface area contributed by atoms with Crippen LogP contribution >= 0.6 is 0 Å². The first-order valence-corrected chi connectivity index (χ1v) is 8.94. The minimum Gasteiger partial charge on any atom is -0.327 e. The van der Waals surface area contributed by atoms with Gasteiger partial charge in [-0.1, -0.05) is 18.2 Å². The van der Waals surface area contributed by atoms with Gasteiger partial charge in [0.2, 0.25) is 0 Å². The van der Waals surface area contributed by atoms with Crippen molar-refractivity contribution in [2.45, 2.75) is 0 Å². The number of aliphatic imine (C=N–C) groups is 2. The first-order chi connectivity index (χ1) is 14.4. The molecule has 0 radical (unpaired) electrons. The van der Waals surface area contributed by atoms with Gasteiger partial charge in [0.25, 0.3) is 11.4 Å². The maximum atomic E-state index is 10.9. The molecule has 0 N–H and O–H groups in total. The van der Waals surface area contributed by atoms with Gasteiger partial charge in [-0.25, -0.2) is 9.98 Å². The first kappa shape index (κ1) is 18.9. The van der Waals surface area contributed by atoms with Crippen molar-refractivity contribution < 1.29 is 9.85 Å². The molecule has 0 fully saturated rings. The fraction of sp³-hybridized carbons (Fsp3) is 0.0476. The molecule has 148 valence electrons. The van der Waals surface area contributed by atoms with Gasteiger partial charge in [-0.3, -0.25) is 20.2 Å². The van der Waals surface area contributed by atoms with Gasteiger partial charge in [-0.2, -0.15) is 0 Å². The van der Waals surface area contributed by atoms with Gasteiger partial charge in [-0.05, 0) is 30.3 Å². The van der Waals surface area contributed by atoms with Crippen LogP contribution in [0.3, 0.4) is 0 Å². The van der Waals surface area contributed by atoms with Crippen LogP contribution in [-0.4, -0.2) is 28.4 Å². The Bertz CT molecular complexity index is 1200. The molecule has 0 bridgehead atoms. The van der Waals surface area contributed by atoms with Gasteiger partial charge in [0, 0.05) is 36.9 Å². The zero-order valence-electron chi connectivity index (χ0n) is 15.8. The number of nitrogens with zero attached hydrogens (tertiary/aromatic N) is 5. The fourth-order valence-electron chi connectivity index (χ4n) is 3.15. The van der Waals surface area contributed by atoms with Crippen molar-refractivity contribution in [3.05, 3.63) is 98.6 Å². The molecule has 3 aromatic carbocycles. The Hall–Kier alpha value is -4.40. The Morgan fingerprint density at radius 2 is 1.23 bits per heavy atom. The van der Waals surface area contributed by atoms with Crippen LogP contribution in [0.15, 0.2) is 82.8 Å². The highest BCUT2D eigenvalue weighted by molar-refractivity contribution is 6.56. The number of para-hydroxylation sites is 1. The van der Waals surface area contributed by atoms with Crippen LogP contribution < -0.4 is 4.90 Å². The molecule has 1 aliphatic heterocycles. The monoisotopic (exact) mass is 401 g/mol. The second-order valence-corrected chi connectivity index (χ2v) is 6.52. The number of nitro groups is 2. The Morgan fingerprint density at radius 1 is 0.733 bits per heavy atom. The van der Waals surface area contributed by atoms with E-state index in [1.165, 1.54) is 24.3 Å². The van der Waals surface area contributed by atoms with Gasteiger partial charge in [-0.15, -0.1) is 0 Å². The Kier molecular flexibility index (Phi) is 4.77. The third-order valence-electron chi connectivity index (χ3n) is 4.65. The van der Waals surface area contributed by atoms with Gasteiger partial charge < -0.3 is 4.90 Å². The van der Waals surface area contributed by atoms with Crippen molar-refractivity contribution in [3.8, 4) is 0 Å². The van der Waals surface area contributed by atoms with Gasteiger partial charge in [0.1, 0.15) is 5.71 Å². The molecule has 0 amide bonds. The summed E-state index contributed by atoms with van der Waals surface area (Å²) in [6.45, 7) is 0. The van der Waals surface area contributed by atoms with Crippen LogP contribution in [0.5, 0.6) is 0 Å². The normalized spacial score (nSPS) is 15.4. The highest BCUT2D eigenvalue weighted by Crippen LogP contribution is 2.32. The molecule has 0 saturated carbocycles. The van der Waals surface area contributed by atoms with Gasteiger partial charge in [0.15, 0.2) is 5.84 Å². The number of amidine groups is 1. The average Bonchev–Trinajstić information content (AvgIpc) is 3.00. The van der Waals surface area contributed by atoms with E-state index in [1.807, 2.05) is 36.2 Å². The third kappa shape index (κ3) is 3.51. The number of rotatable bonds is 4. The lowest BCUT2D eigenvalue weighted by Crippen LogP contribution is -2.25. The number of anilines is 1. The Labute approximate surface area is 170 Å². The van der Waals surface area contributed by atoms with Crippen LogP contribution in [0.1, 0.15) is 5.56 Å². The maximum Gasteiger partial charge on any atom is 0.269 e. The molecule has 0 saturated heterocycles. The van der Waals surface area contributed by atoms with Gasteiger partial charge >= 0.3 is 0 Å². The molecule has 4 rings (SSSR count). The molecule has 30 heavy (non-hydrogen) atoms. The summed E-state index contributed by atoms with van der Waals surface area (Å²) in [6.07, 6.45) is 0. The van der Waals surface area contributed by atoms with E-state index in [2.05, 4.69) is 9.98 Å². The second-order valence-electron chi connectivity index (χ2n) is 6.52. The lowest BCUT2D eigenvalue weighted by molar-refractivity contribution is -0.385. The minimum atomic E-state index is -0.462. The minimum absolute atomic E-state index is 0.0114. The summed E-state index contributed by atoms with van der Waals surface area (Å²) in [5.74, 6) is 0.573. The van der Waals surface area contributed by atoms with E-state index in [4.69, 9.17) is 0 Å². The molecule has 9 nitrogen and oxygen atoms in total. The van der Waals surface area contributed by atoms with Crippen molar-refractivity contribution in [3.63, 3.8) is 0 Å². The SMILES string of the molecule is CN1C(=Nc2ccc([N+](=O)[O-])cc2)C(=Nc2ccc([N+](=O)[O-])cc2)c2ccccc21. The molecular formula is C21H15N5O4. The van der Waals surface area contributed by atoms with Crippen molar-refractivity contribution in [2.24, 2.45) is 9.98 Å². The van der Waals surface area contributed by atoms with E-state index in [0.29, 0.717) is 22.9 Å². The van der Waals surface area contributed by atoms with Crippen LogP contribution in [0.2, 0.25) is 0 Å². The summed E-state index contributed by atoms with van der Waals surface area (Å²) in [4.78, 5) is 32.1. The van der Waals surface area contributed by atoms with E-state index < -0.39 is 9.85 Å². The molecule has 0 unspecified atom stereocenters. The summed E-state index contributed by atoms with van der Waals surface area (Å²) in [6, 6.07) is 19.6. The predicted octanol–water partition coefficient (Wildman–Crippen LogP) is 4.80. The zero-order valence-corrected chi connectivity index (χ0v) is 15.8. The van der Waals surface area contributed by atoms with Crippen LogP contribution in [0.4, 0.5) is 28.4 Å². The molecular weight excluding hydrogens is 386 g/mol. The molecule has 9 heteroatoms. The van der Waals surface area contributed by atoms with Crippen LogP contribution in [0, 0.1) is 20.2 Å². The summed E-state index contributed by atoms with van der Waals surface area (Å²) in [5, 5.41) is 21.8. The van der Waals surface area contributed by atoms with Gasteiger partial charge in [0.05, 0.1) is 26.9 Å². The largest absolute Gasteiger partial charge is 0.327 e. The Morgan fingerprint density at radius 3 is 1.77 bits per heavy atom. The molecule has 0 aliphatic carbocycles. The highest BCUT2D eigenvalue weighted by Gasteiger charge is 2.29. The smallest absolute Gasteiger partial charge is 0.269 e. The van der Waals surface area contributed by atoms with E-state index >= 15 is 0 Å². The summed E-state index contributed by atoms with van der Waals surface area (Å²) >= 11 is 0. The lowest BCUT2D eigenvalue weighted by Gasteiger charge is -2.13. The first-order valence-electron chi connectivity index (χ1n) is 8.94. The number of benzene rings is 3. The van der Waals surface area contributed by atoms with E-state index in [1.54, 1.807) is 24.3 Å². The predicted molar refractivity (Wildman–Crippen MR) is 114 cm³/mol. The lowest BCUT2D eigenvalue weighted by atomic mass is 10.1.